The fraction of sp³-hybridized carbons (Fsp3) is 0.176. The molecule has 0 aliphatic rings. The summed E-state index contributed by atoms with van der Waals surface area (Å²) in [6, 6.07) is 8.59. The van der Waals surface area contributed by atoms with E-state index in [1.807, 2.05) is 0 Å². The lowest BCUT2D eigenvalue weighted by Crippen LogP contribution is -2.17. The van der Waals surface area contributed by atoms with Crippen molar-refractivity contribution >= 4 is 11.6 Å². The van der Waals surface area contributed by atoms with E-state index in [1.54, 1.807) is 18.2 Å². The molecule has 0 unspecified atom stereocenters. The molecule has 0 spiro atoms. The highest BCUT2D eigenvalue weighted by molar-refractivity contribution is 6.33. The van der Waals surface area contributed by atoms with Gasteiger partial charge >= 0.3 is 11.9 Å². The van der Waals surface area contributed by atoms with Crippen molar-refractivity contribution in [3.8, 4) is 17.1 Å². The van der Waals surface area contributed by atoms with Crippen LogP contribution in [0.4, 0.5) is 13.2 Å². The third kappa shape index (κ3) is 3.38. The number of alkyl halides is 3. The number of aromatic amines is 1. The molecule has 1 aromatic heterocycles. The van der Waals surface area contributed by atoms with Crippen LogP contribution in [-0.2, 0) is 12.7 Å². The summed E-state index contributed by atoms with van der Waals surface area (Å²) in [6.45, 7) is 1.62. The summed E-state index contributed by atoms with van der Waals surface area (Å²) in [5, 5.41) is 4.43. The highest BCUT2D eigenvalue weighted by Gasteiger charge is 2.32. The topological polar surface area (TPSA) is 76.7 Å². The van der Waals surface area contributed by atoms with Crippen molar-refractivity contribution in [3.05, 3.63) is 68.6 Å². The molecule has 9 heteroatoms. The van der Waals surface area contributed by atoms with Gasteiger partial charge in [-0.25, -0.2) is 4.79 Å². The smallest absolute Gasteiger partial charge is 0.326 e. The van der Waals surface area contributed by atoms with Crippen LogP contribution in [0.15, 0.2) is 41.2 Å². The molecule has 2 aromatic carbocycles. The van der Waals surface area contributed by atoms with Gasteiger partial charge in [-0.1, -0.05) is 23.7 Å². The largest absolute Gasteiger partial charge is 0.416 e. The van der Waals surface area contributed by atoms with Crippen LogP contribution >= 0.6 is 11.6 Å². The Hall–Kier alpha value is -2.58. The van der Waals surface area contributed by atoms with Gasteiger partial charge in [0.05, 0.1) is 16.3 Å². The van der Waals surface area contributed by atoms with Gasteiger partial charge < -0.3 is 5.73 Å². The molecule has 0 atom stereocenters. The molecule has 0 saturated carbocycles. The zero-order valence-corrected chi connectivity index (χ0v) is 14.3. The Bertz CT molecular complexity index is 1020. The van der Waals surface area contributed by atoms with E-state index in [4.69, 9.17) is 17.3 Å². The van der Waals surface area contributed by atoms with Crippen molar-refractivity contribution in [3.63, 3.8) is 0 Å². The summed E-state index contributed by atoms with van der Waals surface area (Å²) >= 11 is 6.14. The number of hydrogen-bond acceptors (Lipinski definition) is 3. The van der Waals surface area contributed by atoms with E-state index in [2.05, 4.69) is 10.1 Å². The van der Waals surface area contributed by atoms with E-state index >= 15 is 0 Å². The summed E-state index contributed by atoms with van der Waals surface area (Å²) in [6.07, 6.45) is -4.53. The number of aromatic nitrogens is 3. The predicted molar refractivity (Wildman–Crippen MR) is 92.3 cm³/mol. The maximum Gasteiger partial charge on any atom is 0.416 e. The Morgan fingerprint density at radius 3 is 2.62 bits per heavy atom. The number of rotatable bonds is 3. The van der Waals surface area contributed by atoms with Crippen LogP contribution in [0.3, 0.4) is 0 Å². The van der Waals surface area contributed by atoms with Gasteiger partial charge in [0, 0.05) is 12.1 Å². The highest BCUT2D eigenvalue weighted by atomic mass is 35.5. The van der Waals surface area contributed by atoms with Crippen LogP contribution in [-0.4, -0.2) is 14.8 Å². The molecule has 3 aromatic rings. The lowest BCUT2D eigenvalue weighted by Gasteiger charge is -2.11. The van der Waals surface area contributed by atoms with E-state index in [-0.39, 0.29) is 23.6 Å². The van der Waals surface area contributed by atoms with Gasteiger partial charge in [0.1, 0.15) is 0 Å². The van der Waals surface area contributed by atoms with Crippen molar-refractivity contribution in [1.82, 2.24) is 14.8 Å². The third-order valence-corrected chi connectivity index (χ3v) is 4.24. The molecule has 3 rings (SSSR count). The van der Waals surface area contributed by atoms with Gasteiger partial charge in [0.15, 0.2) is 5.82 Å². The average Bonchev–Trinajstić information content (AvgIpc) is 2.96. The van der Waals surface area contributed by atoms with Crippen molar-refractivity contribution in [1.29, 1.82) is 0 Å². The first-order chi connectivity index (χ1) is 12.2. The third-order valence-electron chi connectivity index (χ3n) is 3.91. The standard InChI is InChI=1S/C17H14ClF3N4O/c1-9-2-4-11(7-13(9)17(19,20)21)25-16(26)23-15(24-25)12-6-10(8-22)3-5-14(12)18/h2-7H,8,22H2,1H3,(H,23,24,26). The number of nitrogens with one attached hydrogen (secondary N) is 1. The summed E-state index contributed by atoms with van der Waals surface area (Å²) in [5.74, 6) is 0.143. The summed E-state index contributed by atoms with van der Waals surface area (Å²) in [7, 11) is 0. The molecule has 0 bridgehead atoms. The maximum atomic E-state index is 13.1. The molecule has 0 fully saturated rings. The van der Waals surface area contributed by atoms with Crippen molar-refractivity contribution < 1.29 is 13.2 Å². The van der Waals surface area contributed by atoms with Crippen molar-refractivity contribution in [2.75, 3.05) is 0 Å². The zero-order chi connectivity index (χ0) is 19.1. The molecular weight excluding hydrogens is 369 g/mol. The molecule has 26 heavy (non-hydrogen) atoms. The minimum absolute atomic E-state index is 0.00141. The van der Waals surface area contributed by atoms with Crippen LogP contribution in [0.1, 0.15) is 16.7 Å². The van der Waals surface area contributed by atoms with E-state index in [1.165, 1.54) is 19.1 Å². The quantitative estimate of drug-likeness (QED) is 0.725. The van der Waals surface area contributed by atoms with Crippen LogP contribution in [0.5, 0.6) is 0 Å². The van der Waals surface area contributed by atoms with Crippen LogP contribution < -0.4 is 11.4 Å². The number of benzene rings is 2. The van der Waals surface area contributed by atoms with E-state index in [0.29, 0.717) is 10.6 Å². The molecule has 136 valence electrons. The molecule has 0 radical (unpaired) electrons. The van der Waals surface area contributed by atoms with Crippen molar-refractivity contribution in [2.24, 2.45) is 5.73 Å². The average molecular weight is 383 g/mol. The zero-order valence-electron chi connectivity index (χ0n) is 13.6. The van der Waals surface area contributed by atoms with E-state index in [9.17, 15) is 18.0 Å². The molecular formula is C17H14ClF3N4O. The lowest BCUT2D eigenvalue weighted by atomic mass is 10.1. The van der Waals surface area contributed by atoms with Gasteiger partial charge in [-0.05, 0) is 42.3 Å². The molecule has 5 nitrogen and oxygen atoms in total. The SMILES string of the molecule is Cc1ccc(-n2nc(-c3cc(CN)ccc3Cl)[nH]c2=O)cc1C(F)(F)F. The minimum atomic E-state index is -4.53. The fourth-order valence-corrected chi connectivity index (χ4v) is 2.76. The summed E-state index contributed by atoms with van der Waals surface area (Å²) in [4.78, 5) is 14.7. The summed E-state index contributed by atoms with van der Waals surface area (Å²) in [5.41, 5.74) is 5.37. The number of aryl methyl sites for hydroxylation is 1. The normalized spacial score (nSPS) is 11.8. The van der Waals surface area contributed by atoms with Crippen LogP contribution in [0.25, 0.3) is 17.1 Å². The van der Waals surface area contributed by atoms with Gasteiger partial charge in [-0.3, -0.25) is 4.98 Å². The van der Waals surface area contributed by atoms with Gasteiger partial charge in [-0.15, -0.1) is 5.10 Å². The van der Waals surface area contributed by atoms with Crippen LogP contribution in [0, 0.1) is 6.92 Å². The first-order valence-electron chi connectivity index (χ1n) is 7.57. The number of halogens is 4. The number of H-pyrrole nitrogens is 1. The minimum Gasteiger partial charge on any atom is -0.326 e. The molecule has 1 heterocycles. The maximum absolute atomic E-state index is 13.1. The molecule has 0 amide bonds. The Labute approximate surface area is 151 Å². The predicted octanol–water partition coefficient (Wildman–Crippen LogP) is 3.67. The second-order valence-corrected chi connectivity index (χ2v) is 6.11. The van der Waals surface area contributed by atoms with Gasteiger partial charge in [-0.2, -0.15) is 17.9 Å². The van der Waals surface area contributed by atoms with Crippen molar-refractivity contribution in [2.45, 2.75) is 19.6 Å². The Morgan fingerprint density at radius 2 is 1.96 bits per heavy atom. The Kier molecular flexibility index (Phi) is 4.64. The number of nitrogens with zero attached hydrogens (tertiary/aromatic N) is 2. The van der Waals surface area contributed by atoms with Gasteiger partial charge in [0.25, 0.3) is 0 Å². The second-order valence-electron chi connectivity index (χ2n) is 5.71. The first-order valence-corrected chi connectivity index (χ1v) is 7.95. The molecule has 0 aliphatic carbocycles. The molecule has 0 saturated heterocycles. The number of hydrogen-bond donors (Lipinski definition) is 2. The Morgan fingerprint density at radius 1 is 1.23 bits per heavy atom. The second kappa shape index (κ2) is 6.62. The summed E-state index contributed by atoms with van der Waals surface area (Å²) < 4.78 is 40.2. The van der Waals surface area contributed by atoms with Gasteiger partial charge in [0.2, 0.25) is 0 Å². The van der Waals surface area contributed by atoms with Crippen LogP contribution in [0.2, 0.25) is 5.02 Å². The number of nitrogens with two attached hydrogens (primary N) is 1. The fourth-order valence-electron chi connectivity index (χ4n) is 2.55. The molecule has 0 aliphatic heterocycles. The molecule has 3 N–H and O–H groups in total. The first kappa shape index (κ1) is 18.2. The Balaban J connectivity index is 2.12. The van der Waals surface area contributed by atoms with E-state index < -0.39 is 17.4 Å². The lowest BCUT2D eigenvalue weighted by molar-refractivity contribution is -0.138. The highest BCUT2D eigenvalue weighted by Crippen LogP contribution is 2.33. The van der Waals surface area contributed by atoms with E-state index in [0.717, 1.165) is 16.3 Å². The monoisotopic (exact) mass is 382 g/mol.